The maximum atomic E-state index is 13.3. The lowest BCUT2D eigenvalue weighted by molar-refractivity contribution is -0.131. The lowest BCUT2D eigenvalue weighted by Crippen LogP contribution is -2.36. The van der Waals surface area contributed by atoms with E-state index in [1.807, 2.05) is 64.9 Å². The fourth-order valence-electron chi connectivity index (χ4n) is 3.80. The Balaban J connectivity index is 2.10. The predicted octanol–water partition coefficient (Wildman–Crippen LogP) is 5.41. The van der Waals surface area contributed by atoms with Gasteiger partial charge in [0.25, 0.3) is 0 Å². The summed E-state index contributed by atoms with van der Waals surface area (Å²) in [4.78, 5) is 28.2. The molecule has 3 aromatic rings. The largest absolute Gasteiger partial charge is 0.341 e. The van der Waals surface area contributed by atoms with Crippen molar-refractivity contribution >= 4 is 16.8 Å². The summed E-state index contributed by atoms with van der Waals surface area (Å²) >= 11 is 0. The molecule has 0 fully saturated rings. The van der Waals surface area contributed by atoms with Gasteiger partial charge in [-0.05, 0) is 43.0 Å². The highest BCUT2D eigenvalue weighted by Crippen LogP contribution is 2.24. The quantitative estimate of drug-likeness (QED) is 0.479. The first-order valence-corrected chi connectivity index (χ1v) is 11.0. The average Bonchev–Trinajstić information content (AvgIpc) is 2.76. The topological polar surface area (TPSA) is 42.3 Å². The van der Waals surface area contributed by atoms with Crippen LogP contribution in [0.1, 0.15) is 45.1 Å². The van der Waals surface area contributed by atoms with Gasteiger partial charge in [0.15, 0.2) is 5.43 Å². The van der Waals surface area contributed by atoms with Crippen LogP contribution in [0, 0.1) is 6.92 Å². The molecule has 0 saturated heterocycles. The number of benzene rings is 2. The Kier molecular flexibility index (Phi) is 7.45. The van der Waals surface area contributed by atoms with Gasteiger partial charge in [0.2, 0.25) is 5.91 Å². The van der Waals surface area contributed by atoms with Crippen LogP contribution in [0.3, 0.4) is 0 Å². The van der Waals surface area contributed by atoms with Gasteiger partial charge in [-0.3, -0.25) is 9.59 Å². The summed E-state index contributed by atoms with van der Waals surface area (Å²) in [6, 6.07) is 17.4. The first-order chi connectivity index (χ1) is 14.5. The second kappa shape index (κ2) is 10.2. The second-order valence-electron chi connectivity index (χ2n) is 7.95. The van der Waals surface area contributed by atoms with E-state index < -0.39 is 0 Å². The number of hydrogen-bond acceptors (Lipinski definition) is 2. The van der Waals surface area contributed by atoms with E-state index in [-0.39, 0.29) is 17.9 Å². The summed E-state index contributed by atoms with van der Waals surface area (Å²) in [5, 5.41) is 0.654. The number of rotatable bonds is 9. The zero-order chi connectivity index (χ0) is 21.5. The minimum atomic E-state index is -0.0126. The number of aryl methyl sites for hydroxylation is 1. The number of nitrogens with zero attached hydrogens (tertiary/aromatic N) is 2. The van der Waals surface area contributed by atoms with E-state index >= 15 is 0 Å². The van der Waals surface area contributed by atoms with Crippen molar-refractivity contribution in [2.24, 2.45) is 0 Å². The number of amides is 1. The molecule has 1 heterocycles. The van der Waals surface area contributed by atoms with Crippen molar-refractivity contribution in [1.29, 1.82) is 0 Å². The van der Waals surface area contributed by atoms with Crippen LogP contribution in [0.15, 0.2) is 59.4 Å². The Bertz CT molecular complexity index is 1050. The monoisotopic (exact) mass is 404 g/mol. The molecule has 0 bridgehead atoms. The molecular weight excluding hydrogens is 372 g/mol. The van der Waals surface area contributed by atoms with Crippen molar-refractivity contribution in [3.8, 4) is 11.3 Å². The third kappa shape index (κ3) is 4.99. The normalized spacial score (nSPS) is 11.0. The van der Waals surface area contributed by atoms with E-state index in [2.05, 4.69) is 13.8 Å². The van der Waals surface area contributed by atoms with Crippen molar-refractivity contribution in [3.05, 3.63) is 70.4 Å². The third-order valence-corrected chi connectivity index (χ3v) is 5.55. The number of unbranched alkanes of at least 4 members (excludes halogenated alkanes) is 2. The van der Waals surface area contributed by atoms with E-state index in [9.17, 15) is 9.59 Å². The van der Waals surface area contributed by atoms with Crippen LogP contribution >= 0.6 is 0 Å². The van der Waals surface area contributed by atoms with Crippen LogP contribution in [0.25, 0.3) is 22.2 Å². The van der Waals surface area contributed by atoms with Crippen LogP contribution in [0.2, 0.25) is 0 Å². The Morgan fingerprint density at radius 2 is 1.60 bits per heavy atom. The van der Waals surface area contributed by atoms with Gasteiger partial charge in [-0.1, -0.05) is 63.1 Å². The first kappa shape index (κ1) is 21.8. The summed E-state index contributed by atoms with van der Waals surface area (Å²) in [5.41, 5.74) is 3.61. The molecule has 0 spiro atoms. The molecular formula is C26H32N2O2. The number of fused-ring (bicyclic) bond motifs is 1. The third-order valence-electron chi connectivity index (χ3n) is 5.55. The fraction of sp³-hybridized carbons (Fsp3) is 0.385. The zero-order valence-electron chi connectivity index (χ0n) is 18.4. The predicted molar refractivity (Wildman–Crippen MR) is 125 cm³/mol. The zero-order valence-corrected chi connectivity index (χ0v) is 18.4. The number of aromatic nitrogens is 1. The van der Waals surface area contributed by atoms with Crippen LogP contribution in [-0.2, 0) is 11.3 Å². The molecule has 0 unspecified atom stereocenters. The molecule has 158 valence electrons. The van der Waals surface area contributed by atoms with Gasteiger partial charge in [-0.2, -0.15) is 0 Å². The lowest BCUT2D eigenvalue weighted by Gasteiger charge is -2.25. The van der Waals surface area contributed by atoms with E-state index in [1.54, 1.807) is 6.07 Å². The summed E-state index contributed by atoms with van der Waals surface area (Å²) in [5.74, 6) is 0.112. The van der Waals surface area contributed by atoms with Crippen molar-refractivity contribution in [1.82, 2.24) is 9.47 Å². The SMILES string of the molecule is CCCCN(CCCC)C(=O)Cn1c(-c2ccccc2)cc(=O)c2ccc(C)cc21. The summed E-state index contributed by atoms with van der Waals surface area (Å²) < 4.78 is 2.02. The summed E-state index contributed by atoms with van der Waals surface area (Å²) in [6.07, 6.45) is 4.13. The number of pyridine rings is 1. The van der Waals surface area contributed by atoms with Gasteiger partial charge in [0, 0.05) is 24.5 Å². The minimum absolute atomic E-state index is 0.0126. The standard InChI is InChI=1S/C26H32N2O2/c1-4-6-15-27(16-7-5-2)26(30)19-28-23(21-11-9-8-10-12-21)18-25(29)22-14-13-20(3)17-24(22)28/h8-14,17-18H,4-7,15-16,19H2,1-3H3. The molecule has 4 heteroatoms. The highest BCUT2D eigenvalue weighted by molar-refractivity contribution is 5.86. The summed E-state index contributed by atoms with van der Waals surface area (Å²) in [7, 11) is 0. The lowest BCUT2D eigenvalue weighted by atomic mass is 10.1. The molecule has 1 aromatic heterocycles. The number of carbonyl (C=O) groups excluding carboxylic acids is 1. The van der Waals surface area contributed by atoms with Gasteiger partial charge in [-0.25, -0.2) is 0 Å². The molecule has 0 atom stereocenters. The molecule has 2 aromatic carbocycles. The molecule has 0 N–H and O–H groups in total. The van der Waals surface area contributed by atoms with Crippen LogP contribution in [0.4, 0.5) is 0 Å². The van der Waals surface area contributed by atoms with Gasteiger partial charge in [0.1, 0.15) is 6.54 Å². The van der Waals surface area contributed by atoms with Gasteiger partial charge in [-0.15, -0.1) is 0 Å². The van der Waals surface area contributed by atoms with Crippen molar-refractivity contribution in [3.63, 3.8) is 0 Å². The second-order valence-corrected chi connectivity index (χ2v) is 7.95. The molecule has 0 saturated carbocycles. The molecule has 3 rings (SSSR count). The highest BCUT2D eigenvalue weighted by Gasteiger charge is 2.18. The maximum absolute atomic E-state index is 13.3. The minimum Gasteiger partial charge on any atom is -0.341 e. The van der Waals surface area contributed by atoms with Crippen LogP contribution in [0.5, 0.6) is 0 Å². The van der Waals surface area contributed by atoms with Gasteiger partial charge in [0.05, 0.1) is 11.2 Å². The Morgan fingerprint density at radius 1 is 0.933 bits per heavy atom. The van der Waals surface area contributed by atoms with Gasteiger partial charge < -0.3 is 9.47 Å². The molecule has 0 aliphatic heterocycles. The molecule has 0 radical (unpaired) electrons. The Morgan fingerprint density at radius 3 is 2.23 bits per heavy atom. The molecule has 30 heavy (non-hydrogen) atoms. The molecule has 4 nitrogen and oxygen atoms in total. The van der Waals surface area contributed by atoms with E-state index in [0.717, 1.165) is 61.1 Å². The van der Waals surface area contributed by atoms with Crippen molar-refractivity contribution in [2.75, 3.05) is 13.1 Å². The average molecular weight is 405 g/mol. The van der Waals surface area contributed by atoms with Gasteiger partial charge >= 0.3 is 0 Å². The maximum Gasteiger partial charge on any atom is 0.242 e. The van der Waals surface area contributed by atoms with E-state index in [4.69, 9.17) is 0 Å². The number of carbonyl (C=O) groups is 1. The Labute approximate surface area is 179 Å². The smallest absolute Gasteiger partial charge is 0.242 e. The molecule has 0 aliphatic rings. The number of hydrogen-bond donors (Lipinski definition) is 0. The molecule has 0 aliphatic carbocycles. The van der Waals surface area contributed by atoms with Crippen molar-refractivity contribution in [2.45, 2.75) is 53.0 Å². The fourth-order valence-corrected chi connectivity index (χ4v) is 3.80. The van der Waals surface area contributed by atoms with Crippen LogP contribution in [-0.4, -0.2) is 28.5 Å². The Hall–Kier alpha value is -2.88. The van der Waals surface area contributed by atoms with Crippen molar-refractivity contribution < 1.29 is 4.79 Å². The molecule has 1 amide bonds. The first-order valence-electron chi connectivity index (χ1n) is 11.0. The van der Waals surface area contributed by atoms with E-state index in [0.29, 0.717) is 5.39 Å². The van der Waals surface area contributed by atoms with E-state index in [1.165, 1.54) is 0 Å². The summed E-state index contributed by atoms with van der Waals surface area (Å²) in [6.45, 7) is 8.11. The van der Waals surface area contributed by atoms with Crippen LogP contribution < -0.4 is 5.43 Å². The highest BCUT2D eigenvalue weighted by atomic mass is 16.2.